The Morgan fingerprint density at radius 3 is 2.56 bits per heavy atom. The van der Waals surface area contributed by atoms with E-state index in [1.54, 1.807) is 19.1 Å². The Kier molecular flexibility index (Phi) is 7.33. The number of alkyl halides is 1. The Hall–Kier alpha value is -1.95. The lowest BCUT2D eigenvalue weighted by Gasteiger charge is -2.60. The largest absolute Gasteiger partial charge is 0.457 e. The zero-order chi connectivity index (χ0) is 26.5. The molecule has 0 bridgehead atoms. The lowest BCUT2D eigenvalue weighted by atomic mass is 9.47. The number of esters is 2. The van der Waals surface area contributed by atoms with Crippen molar-refractivity contribution in [1.29, 1.82) is 0 Å². The Morgan fingerprint density at radius 2 is 1.89 bits per heavy atom. The number of halogens is 1. The maximum absolute atomic E-state index is 13.9. The molecule has 36 heavy (non-hydrogen) atoms. The Labute approximate surface area is 219 Å². The van der Waals surface area contributed by atoms with Crippen molar-refractivity contribution in [3.05, 3.63) is 23.8 Å². The van der Waals surface area contributed by atoms with Crippen molar-refractivity contribution in [3.8, 4) is 0 Å². The fourth-order valence-corrected chi connectivity index (χ4v) is 8.99. The third-order valence-electron chi connectivity index (χ3n) is 9.79. The molecule has 0 spiro atoms. The van der Waals surface area contributed by atoms with E-state index < -0.39 is 29.6 Å². The lowest BCUT2D eigenvalue weighted by molar-refractivity contribution is -0.196. The van der Waals surface area contributed by atoms with Gasteiger partial charge < -0.3 is 9.47 Å². The molecule has 0 aromatic carbocycles. The van der Waals surface area contributed by atoms with E-state index in [2.05, 4.69) is 13.8 Å². The van der Waals surface area contributed by atoms with Gasteiger partial charge in [0.2, 0.25) is 5.78 Å². The van der Waals surface area contributed by atoms with E-state index in [0.29, 0.717) is 12.8 Å². The van der Waals surface area contributed by atoms with E-state index >= 15 is 0 Å². The summed E-state index contributed by atoms with van der Waals surface area (Å²) in [5.74, 6) is -0.981. The fourth-order valence-electron chi connectivity index (χ4n) is 8.22. The van der Waals surface area contributed by atoms with Gasteiger partial charge in [-0.05, 0) is 62.0 Å². The summed E-state index contributed by atoms with van der Waals surface area (Å²) in [7, 11) is 0. The van der Waals surface area contributed by atoms with Gasteiger partial charge in [-0.2, -0.15) is 0 Å². The second kappa shape index (κ2) is 9.74. The molecule has 7 heteroatoms. The third-order valence-corrected chi connectivity index (χ3v) is 10.2. The molecule has 3 saturated carbocycles. The van der Waals surface area contributed by atoms with Crippen molar-refractivity contribution in [3.63, 3.8) is 0 Å². The van der Waals surface area contributed by atoms with Crippen molar-refractivity contribution in [1.82, 2.24) is 0 Å². The van der Waals surface area contributed by atoms with Crippen LogP contribution in [0.15, 0.2) is 23.8 Å². The molecule has 0 aliphatic heterocycles. The molecule has 198 valence electrons. The van der Waals surface area contributed by atoms with Crippen LogP contribution in [0.1, 0.15) is 79.6 Å². The molecule has 0 aromatic heterocycles. The van der Waals surface area contributed by atoms with Gasteiger partial charge in [0.1, 0.15) is 0 Å². The SMILES string of the molecule is CCCC(=O)OCC(=O)[C@@]1(OC(=O)CC)C(C)C[C@H]2[C@@H]3CCC4=CC(=O)C=C[C@]4(C)[C@H]3C(Cl)C[C@@]21C. The number of hydrogen-bond donors (Lipinski definition) is 0. The van der Waals surface area contributed by atoms with Crippen molar-refractivity contribution >= 4 is 35.1 Å². The maximum Gasteiger partial charge on any atom is 0.306 e. The second-order valence-electron chi connectivity index (χ2n) is 11.7. The monoisotopic (exact) mass is 518 g/mol. The van der Waals surface area contributed by atoms with Gasteiger partial charge in [-0.15, -0.1) is 11.6 Å². The van der Waals surface area contributed by atoms with Gasteiger partial charge in [0, 0.05) is 35.0 Å². The zero-order valence-electron chi connectivity index (χ0n) is 22.1. The van der Waals surface area contributed by atoms with Crippen LogP contribution < -0.4 is 0 Å². The first-order valence-electron chi connectivity index (χ1n) is 13.4. The normalized spacial score (nSPS) is 41.0. The highest BCUT2D eigenvalue weighted by Gasteiger charge is 2.72. The summed E-state index contributed by atoms with van der Waals surface area (Å²) in [6.07, 6.45) is 9.39. The fraction of sp³-hybridized carbons (Fsp3) is 0.724. The first kappa shape index (κ1) is 27.1. The van der Waals surface area contributed by atoms with Crippen LogP contribution in [0.25, 0.3) is 0 Å². The highest BCUT2D eigenvalue weighted by Crippen LogP contribution is 2.70. The summed E-state index contributed by atoms with van der Waals surface area (Å²) in [4.78, 5) is 50.9. The first-order valence-corrected chi connectivity index (χ1v) is 13.9. The number of Topliss-reactive ketones (excluding diaryl/α,β-unsaturated/α-hetero) is 1. The Morgan fingerprint density at radius 1 is 1.17 bits per heavy atom. The predicted molar refractivity (Wildman–Crippen MR) is 136 cm³/mol. The van der Waals surface area contributed by atoms with Gasteiger partial charge in [-0.3, -0.25) is 19.2 Å². The predicted octanol–water partition coefficient (Wildman–Crippen LogP) is 5.36. The number of ether oxygens (including phenoxy) is 2. The maximum atomic E-state index is 13.9. The van der Waals surface area contributed by atoms with Crippen LogP contribution in [-0.4, -0.2) is 41.1 Å². The molecule has 8 atom stereocenters. The van der Waals surface area contributed by atoms with Gasteiger partial charge in [0.05, 0.1) is 0 Å². The number of rotatable bonds is 7. The minimum atomic E-state index is -1.40. The molecule has 0 heterocycles. The molecule has 0 radical (unpaired) electrons. The molecular formula is C29H39ClO6. The summed E-state index contributed by atoms with van der Waals surface area (Å²) < 4.78 is 11.5. The van der Waals surface area contributed by atoms with Crippen LogP contribution in [0.3, 0.4) is 0 Å². The molecule has 0 amide bonds. The van der Waals surface area contributed by atoms with E-state index in [9.17, 15) is 19.2 Å². The molecule has 6 nitrogen and oxygen atoms in total. The van der Waals surface area contributed by atoms with E-state index in [0.717, 1.165) is 24.8 Å². The van der Waals surface area contributed by atoms with Crippen LogP contribution in [0.5, 0.6) is 0 Å². The average Bonchev–Trinajstić information content (AvgIpc) is 3.04. The van der Waals surface area contributed by atoms with Crippen LogP contribution in [-0.2, 0) is 28.7 Å². The van der Waals surface area contributed by atoms with Gasteiger partial charge >= 0.3 is 11.9 Å². The van der Waals surface area contributed by atoms with Crippen LogP contribution in [0, 0.1) is 34.5 Å². The highest BCUT2D eigenvalue weighted by atomic mass is 35.5. The first-order chi connectivity index (χ1) is 16.9. The van der Waals surface area contributed by atoms with Crippen molar-refractivity contribution in [2.75, 3.05) is 6.61 Å². The average molecular weight is 519 g/mol. The minimum Gasteiger partial charge on any atom is -0.457 e. The number of carbonyl (C=O) groups excluding carboxylic acids is 4. The quantitative estimate of drug-likeness (QED) is 0.333. The molecule has 0 N–H and O–H groups in total. The Bertz CT molecular complexity index is 1020. The van der Waals surface area contributed by atoms with Crippen molar-refractivity contribution in [2.45, 2.75) is 90.5 Å². The molecule has 4 aliphatic carbocycles. The molecule has 4 rings (SSSR count). The third kappa shape index (κ3) is 3.99. The molecule has 0 saturated heterocycles. The Balaban J connectivity index is 1.73. The van der Waals surface area contributed by atoms with E-state index in [-0.39, 0.29) is 58.9 Å². The molecular weight excluding hydrogens is 480 g/mol. The van der Waals surface area contributed by atoms with Gasteiger partial charge in [-0.1, -0.05) is 46.3 Å². The topological polar surface area (TPSA) is 86.7 Å². The molecule has 2 unspecified atom stereocenters. The van der Waals surface area contributed by atoms with Crippen molar-refractivity contribution in [2.24, 2.45) is 34.5 Å². The van der Waals surface area contributed by atoms with E-state index in [1.165, 1.54) is 0 Å². The van der Waals surface area contributed by atoms with E-state index in [1.807, 2.05) is 19.9 Å². The number of fused-ring (bicyclic) bond motifs is 5. The standard InChI is InChI=1S/C29H39ClO6/c1-6-8-25(34)35-16-23(32)29(36-24(33)7-2)17(3)13-21-20-10-9-18-14-19(31)11-12-27(18,4)26(20)22(30)15-28(21,29)5/h11-12,14,17,20-22,26H,6-10,13,15-16H2,1-5H3/t17?,20-,21-,22?,26+,27-,28-,29-/m0/s1. The van der Waals surface area contributed by atoms with Gasteiger partial charge in [0.15, 0.2) is 18.0 Å². The zero-order valence-corrected chi connectivity index (χ0v) is 22.9. The van der Waals surface area contributed by atoms with Crippen LogP contribution in [0.2, 0.25) is 0 Å². The number of ketones is 2. The van der Waals surface area contributed by atoms with Crippen LogP contribution in [0.4, 0.5) is 0 Å². The van der Waals surface area contributed by atoms with Crippen molar-refractivity contribution < 1.29 is 28.7 Å². The van der Waals surface area contributed by atoms with Crippen LogP contribution >= 0.6 is 11.6 Å². The number of hydrogen-bond acceptors (Lipinski definition) is 6. The molecule has 4 aliphatic rings. The highest BCUT2D eigenvalue weighted by molar-refractivity contribution is 6.21. The summed E-state index contributed by atoms with van der Waals surface area (Å²) in [6, 6.07) is 0. The van der Waals surface area contributed by atoms with Gasteiger partial charge in [-0.25, -0.2) is 0 Å². The van der Waals surface area contributed by atoms with E-state index in [4.69, 9.17) is 21.1 Å². The lowest BCUT2D eigenvalue weighted by Crippen LogP contribution is -2.63. The summed E-state index contributed by atoms with van der Waals surface area (Å²) in [5.41, 5.74) is -1.26. The number of allylic oxidation sites excluding steroid dienone is 4. The second-order valence-corrected chi connectivity index (χ2v) is 12.3. The molecule has 0 aromatic rings. The summed E-state index contributed by atoms with van der Waals surface area (Å²) >= 11 is 7.23. The minimum absolute atomic E-state index is 0.0240. The smallest absolute Gasteiger partial charge is 0.306 e. The summed E-state index contributed by atoms with van der Waals surface area (Å²) in [6.45, 7) is 9.40. The molecule has 3 fully saturated rings. The van der Waals surface area contributed by atoms with Gasteiger partial charge in [0.25, 0.3) is 0 Å². The number of carbonyl (C=O) groups is 4. The summed E-state index contributed by atoms with van der Waals surface area (Å²) in [5, 5.41) is -0.275.